The number of benzene rings is 2. The van der Waals surface area contributed by atoms with Crippen molar-refractivity contribution in [2.45, 2.75) is 38.5 Å². The maximum absolute atomic E-state index is 14.8. The number of fused-ring (bicyclic) bond motifs is 2. The van der Waals surface area contributed by atoms with Gasteiger partial charge in [0.15, 0.2) is 5.71 Å². The molecular weight excluding hydrogens is 483 g/mol. The summed E-state index contributed by atoms with van der Waals surface area (Å²) in [6, 6.07) is 16.7. The minimum absolute atomic E-state index is 0. The van der Waals surface area contributed by atoms with Crippen LogP contribution in [0.25, 0.3) is 0 Å². The number of hydrogen-bond donors (Lipinski definition) is 0. The van der Waals surface area contributed by atoms with E-state index in [9.17, 15) is 4.39 Å². The fourth-order valence-corrected chi connectivity index (χ4v) is 4.98. The van der Waals surface area contributed by atoms with E-state index < -0.39 is 0 Å². The van der Waals surface area contributed by atoms with Crippen molar-refractivity contribution < 1.29 is 41.7 Å². The molecule has 4 rings (SSSR count). The summed E-state index contributed by atoms with van der Waals surface area (Å²) in [6.07, 6.45) is 6.96. The number of nitrogens with zero attached hydrogens (tertiary/aromatic N) is 2. The first kappa shape index (κ1) is 29.3. The Labute approximate surface area is 226 Å². The summed E-state index contributed by atoms with van der Waals surface area (Å²) in [5.41, 5.74) is 6.76. The monoisotopic (exact) mass is 516 g/mol. The molecular formula is C28H33BFN2Y. The van der Waals surface area contributed by atoms with Crippen LogP contribution < -0.4 is 4.90 Å². The van der Waals surface area contributed by atoms with Gasteiger partial charge in [-0.1, -0.05) is 50.2 Å². The van der Waals surface area contributed by atoms with E-state index in [1.165, 1.54) is 22.5 Å². The van der Waals surface area contributed by atoms with Crippen LogP contribution in [0.5, 0.6) is 0 Å². The van der Waals surface area contributed by atoms with Gasteiger partial charge in [0.25, 0.3) is 0 Å². The van der Waals surface area contributed by atoms with Crippen LogP contribution in [-0.2, 0) is 43.5 Å². The molecule has 168 valence electrons. The van der Waals surface area contributed by atoms with Gasteiger partial charge in [0.05, 0.1) is 5.41 Å². The molecule has 0 amide bonds. The quantitative estimate of drug-likeness (QED) is 0.196. The SMILES string of the molecule is CN1/C(=C/C=C(F)/C=C/C2=[N+](C)c3ccccc3C2(C)C)C(C)(C)c2ccccc21.[B].[CH3-].[Y]. The first-order chi connectivity index (χ1) is 14.2. The standard InChI is InChI=1S/C27H30FN2.CH3.B.Y/c1-26(2)20-11-7-9-13-22(20)29(5)24(26)17-15-19(28)16-18-25-27(3,4)21-12-8-10-14-23(21)30(25)6;;;/h7-18H,1-6H3;1H3;;/q+1;-1;;. The zero-order valence-corrected chi connectivity index (χ0v) is 23.7. The van der Waals surface area contributed by atoms with E-state index in [4.69, 9.17) is 0 Å². The molecule has 0 fully saturated rings. The Morgan fingerprint density at radius 1 is 0.939 bits per heavy atom. The third-order valence-electron chi connectivity index (χ3n) is 6.68. The van der Waals surface area contributed by atoms with Crippen molar-refractivity contribution in [2.24, 2.45) is 0 Å². The molecule has 0 aromatic heterocycles. The van der Waals surface area contributed by atoms with Gasteiger partial charge >= 0.3 is 0 Å². The molecule has 33 heavy (non-hydrogen) atoms. The van der Waals surface area contributed by atoms with E-state index in [0.717, 1.165) is 11.4 Å². The molecule has 0 atom stereocenters. The predicted octanol–water partition coefficient (Wildman–Crippen LogP) is 6.48. The summed E-state index contributed by atoms with van der Waals surface area (Å²) in [7, 11) is 4.09. The fourth-order valence-electron chi connectivity index (χ4n) is 4.98. The molecule has 5 heteroatoms. The molecule has 4 radical (unpaired) electrons. The van der Waals surface area contributed by atoms with E-state index in [1.807, 2.05) is 38.4 Å². The fraction of sp³-hybridized carbons (Fsp3) is 0.286. The Balaban J connectivity index is 0.00000181. The number of halogens is 1. The maximum atomic E-state index is 14.8. The molecule has 0 bridgehead atoms. The molecule has 0 saturated heterocycles. The average Bonchev–Trinajstić information content (AvgIpc) is 3.04. The van der Waals surface area contributed by atoms with E-state index in [0.29, 0.717) is 0 Å². The van der Waals surface area contributed by atoms with Crippen molar-refractivity contribution >= 4 is 25.5 Å². The molecule has 0 spiro atoms. The second-order valence-corrected chi connectivity index (χ2v) is 9.22. The third-order valence-corrected chi connectivity index (χ3v) is 6.68. The third kappa shape index (κ3) is 4.88. The predicted molar refractivity (Wildman–Crippen MR) is 137 cm³/mol. The van der Waals surface area contributed by atoms with Gasteiger partial charge in [0.1, 0.15) is 12.9 Å². The molecule has 2 aliphatic rings. The van der Waals surface area contributed by atoms with Gasteiger partial charge in [-0.25, -0.2) is 4.39 Å². The molecule has 0 saturated carbocycles. The van der Waals surface area contributed by atoms with Gasteiger partial charge in [-0.3, -0.25) is 0 Å². The summed E-state index contributed by atoms with van der Waals surface area (Å²) >= 11 is 0. The number of anilines is 1. The van der Waals surface area contributed by atoms with E-state index in [1.54, 1.807) is 12.2 Å². The van der Waals surface area contributed by atoms with Crippen molar-refractivity contribution in [3.63, 3.8) is 0 Å². The number of allylic oxidation sites excluding steroid dienone is 6. The average molecular weight is 516 g/mol. The molecule has 2 aromatic rings. The van der Waals surface area contributed by atoms with Gasteiger partial charge in [0, 0.05) is 82.7 Å². The van der Waals surface area contributed by atoms with Crippen LogP contribution in [0.1, 0.15) is 38.8 Å². The summed E-state index contributed by atoms with van der Waals surface area (Å²) in [6.45, 7) is 8.75. The number of likely N-dealkylation sites (N-methyl/N-ethyl adjacent to an activating group) is 1. The van der Waals surface area contributed by atoms with Crippen molar-refractivity contribution in [1.82, 2.24) is 0 Å². The smallest absolute Gasteiger partial charge is 0.209 e. The van der Waals surface area contributed by atoms with Gasteiger partial charge in [-0.15, -0.1) is 0 Å². The number of para-hydroxylation sites is 2. The Bertz CT molecular complexity index is 1140. The van der Waals surface area contributed by atoms with E-state index >= 15 is 0 Å². The Morgan fingerprint density at radius 2 is 1.52 bits per heavy atom. The normalized spacial score (nSPS) is 19.1. The minimum atomic E-state index is -0.254. The molecule has 0 aliphatic carbocycles. The van der Waals surface area contributed by atoms with Crippen LogP contribution in [-0.4, -0.2) is 32.8 Å². The van der Waals surface area contributed by atoms with Gasteiger partial charge in [0.2, 0.25) is 5.69 Å². The van der Waals surface area contributed by atoms with Crippen LogP contribution in [0, 0.1) is 7.43 Å². The second-order valence-electron chi connectivity index (χ2n) is 9.22. The zero-order valence-electron chi connectivity index (χ0n) is 20.9. The maximum Gasteiger partial charge on any atom is 0.209 e. The van der Waals surface area contributed by atoms with Crippen LogP contribution >= 0.6 is 0 Å². The number of hydrogen-bond acceptors (Lipinski definition) is 1. The summed E-state index contributed by atoms with van der Waals surface area (Å²) < 4.78 is 17.0. The Morgan fingerprint density at radius 3 is 2.12 bits per heavy atom. The molecule has 2 heterocycles. The van der Waals surface area contributed by atoms with Crippen molar-refractivity contribution in [3.05, 3.63) is 103 Å². The van der Waals surface area contributed by atoms with E-state index in [2.05, 4.69) is 73.6 Å². The van der Waals surface area contributed by atoms with Crippen LogP contribution in [0.3, 0.4) is 0 Å². The van der Waals surface area contributed by atoms with E-state index in [-0.39, 0.29) is 65.2 Å². The minimum Gasteiger partial charge on any atom is -0.358 e. The summed E-state index contributed by atoms with van der Waals surface area (Å²) in [5.74, 6) is -0.254. The van der Waals surface area contributed by atoms with Crippen LogP contribution in [0.15, 0.2) is 84.4 Å². The van der Waals surface area contributed by atoms with Crippen molar-refractivity contribution in [2.75, 3.05) is 19.0 Å². The summed E-state index contributed by atoms with van der Waals surface area (Å²) in [5, 5.41) is 0. The first-order valence-corrected chi connectivity index (χ1v) is 10.5. The molecule has 0 N–H and O–H groups in total. The molecule has 2 aromatic carbocycles. The molecule has 2 nitrogen and oxygen atoms in total. The number of rotatable bonds is 3. The van der Waals surface area contributed by atoms with Crippen LogP contribution in [0.2, 0.25) is 0 Å². The van der Waals surface area contributed by atoms with Gasteiger partial charge in [-0.05, 0) is 43.7 Å². The second kappa shape index (κ2) is 10.7. The van der Waals surface area contributed by atoms with Crippen molar-refractivity contribution in [1.29, 1.82) is 0 Å². The zero-order chi connectivity index (χ0) is 21.7. The van der Waals surface area contributed by atoms with Gasteiger partial charge < -0.3 is 12.3 Å². The van der Waals surface area contributed by atoms with Crippen molar-refractivity contribution in [3.8, 4) is 0 Å². The topological polar surface area (TPSA) is 6.25 Å². The largest absolute Gasteiger partial charge is 0.358 e. The Hall–Kier alpha value is -1.77. The Kier molecular flexibility index (Phi) is 9.45. The van der Waals surface area contributed by atoms with Gasteiger partial charge in [-0.2, -0.15) is 4.58 Å². The van der Waals surface area contributed by atoms with Crippen LogP contribution in [0.4, 0.5) is 15.8 Å². The summed E-state index contributed by atoms with van der Waals surface area (Å²) in [4.78, 5) is 2.15. The molecule has 2 aliphatic heterocycles. The first-order valence-electron chi connectivity index (χ1n) is 10.5. The molecule has 0 unspecified atom stereocenters.